The SMILES string of the molecule is CCCCCCCCCCCCCCCCCCOC[C@@H]1O[C@@H]2OC(C)(C)O[C@@H]2[C@@H]2OC(C)(C)O[C@@H]21. The Morgan fingerprint density at radius 1 is 0.528 bits per heavy atom. The van der Waals surface area contributed by atoms with Gasteiger partial charge in [0.1, 0.15) is 24.4 Å². The highest BCUT2D eigenvalue weighted by Crippen LogP contribution is 2.44. The Bertz CT molecular complexity index is 594. The molecule has 0 saturated carbocycles. The molecule has 0 amide bonds. The van der Waals surface area contributed by atoms with Gasteiger partial charge in [-0.25, -0.2) is 0 Å². The molecule has 0 aliphatic carbocycles. The van der Waals surface area contributed by atoms with Gasteiger partial charge in [-0.1, -0.05) is 103 Å². The molecule has 0 aromatic rings. The normalized spacial score (nSPS) is 30.4. The Labute approximate surface area is 221 Å². The van der Waals surface area contributed by atoms with Gasteiger partial charge < -0.3 is 28.4 Å². The summed E-state index contributed by atoms with van der Waals surface area (Å²) in [4.78, 5) is 0. The number of hydrogen-bond acceptors (Lipinski definition) is 6. The summed E-state index contributed by atoms with van der Waals surface area (Å²) in [6, 6.07) is 0. The Morgan fingerprint density at radius 2 is 0.972 bits per heavy atom. The Kier molecular flexibility index (Phi) is 12.9. The predicted molar refractivity (Wildman–Crippen MR) is 143 cm³/mol. The van der Waals surface area contributed by atoms with E-state index in [9.17, 15) is 0 Å². The van der Waals surface area contributed by atoms with Gasteiger partial charge in [-0.15, -0.1) is 0 Å². The fraction of sp³-hybridized carbons (Fsp3) is 1.00. The lowest BCUT2D eigenvalue weighted by atomic mass is 9.99. The fourth-order valence-electron chi connectivity index (χ4n) is 5.78. The third-order valence-corrected chi connectivity index (χ3v) is 7.68. The van der Waals surface area contributed by atoms with Crippen LogP contribution in [-0.2, 0) is 28.4 Å². The maximum Gasteiger partial charge on any atom is 0.190 e. The zero-order chi connectivity index (χ0) is 25.9. The molecule has 3 rings (SSSR count). The molecule has 3 heterocycles. The first-order chi connectivity index (χ1) is 17.3. The molecule has 0 aromatic carbocycles. The second-order valence-corrected chi connectivity index (χ2v) is 12.1. The Balaban J connectivity index is 1.15. The van der Waals surface area contributed by atoms with E-state index in [1.54, 1.807) is 0 Å². The molecule has 6 heteroatoms. The summed E-state index contributed by atoms with van der Waals surface area (Å²) in [6.07, 6.45) is 20.7. The number of hydrogen-bond donors (Lipinski definition) is 0. The van der Waals surface area contributed by atoms with Crippen LogP contribution in [-0.4, -0.2) is 55.5 Å². The molecule has 3 aliphatic heterocycles. The molecular weight excluding hydrogens is 456 g/mol. The van der Waals surface area contributed by atoms with Crippen molar-refractivity contribution in [2.75, 3.05) is 13.2 Å². The minimum atomic E-state index is -0.681. The minimum Gasteiger partial charge on any atom is -0.379 e. The van der Waals surface area contributed by atoms with E-state index in [1.807, 2.05) is 27.7 Å². The Morgan fingerprint density at radius 3 is 1.53 bits per heavy atom. The molecule has 212 valence electrons. The van der Waals surface area contributed by atoms with Gasteiger partial charge in [-0.05, 0) is 34.1 Å². The smallest absolute Gasteiger partial charge is 0.190 e. The average Bonchev–Trinajstić information content (AvgIpc) is 3.32. The topological polar surface area (TPSA) is 55.4 Å². The van der Waals surface area contributed by atoms with E-state index < -0.39 is 17.9 Å². The number of unbranched alkanes of at least 4 members (excludes halogenated alkanes) is 15. The van der Waals surface area contributed by atoms with Gasteiger partial charge in [0.05, 0.1) is 6.61 Å². The molecule has 0 bridgehead atoms. The molecule has 0 aromatic heterocycles. The molecule has 3 fully saturated rings. The molecule has 6 nitrogen and oxygen atoms in total. The van der Waals surface area contributed by atoms with Gasteiger partial charge in [0.25, 0.3) is 0 Å². The van der Waals surface area contributed by atoms with Gasteiger partial charge in [-0.3, -0.25) is 0 Å². The van der Waals surface area contributed by atoms with Crippen molar-refractivity contribution in [1.82, 2.24) is 0 Å². The largest absolute Gasteiger partial charge is 0.379 e. The van der Waals surface area contributed by atoms with E-state index in [0.29, 0.717) is 6.61 Å². The predicted octanol–water partition coefficient (Wildman–Crippen LogP) is 7.66. The van der Waals surface area contributed by atoms with Crippen LogP contribution in [0.2, 0.25) is 0 Å². The molecule has 0 N–H and O–H groups in total. The van der Waals surface area contributed by atoms with Crippen LogP contribution in [0.5, 0.6) is 0 Å². The highest BCUT2D eigenvalue weighted by molar-refractivity contribution is 5.00. The van der Waals surface area contributed by atoms with Gasteiger partial charge in [-0.2, -0.15) is 0 Å². The van der Waals surface area contributed by atoms with Gasteiger partial charge in [0.15, 0.2) is 17.9 Å². The Hall–Kier alpha value is -0.240. The lowest BCUT2D eigenvalue weighted by Crippen LogP contribution is -2.56. The van der Waals surface area contributed by atoms with Crippen molar-refractivity contribution in [3.63, 3.8) is 0 Å². The average molecular weight is 513 g/mol. The van der Waals surface area contributed by atoms with Gasteiger partial charge in [0, 0.05) is 6.61 Å². The summed E-state index contributed by atoms with van der Waals surface area (Å²) in [7, 11) is 0. The van der Waals surface area contributed by atoms with Gasteiger partial charge in [0.2, 0.25) is 0 Å². The quantitative estimate of drug-likeness (QED) is 0.166. The standard InChI is InChI=1S/C30H56O6/c1-6-7-8-9-10-11-12-13-14-15-16-17-18-19-20-21-22-31-23-24-25-26(34-29(2,3)33-25)27-28(32-24)36-30(4,5)35-27/h24-28H,6-23H2,1-5H3/t24-,25+,26+,27+,28+/m0/s1. The van der Waals surface area contributed by atoms with E-state index in [0.717, 1.165) is 13.0 Å². The van der Waals surface area contributed by atoms with Crippen molar-refractivity contribution >= 4 is 0 Å². The molecule has 5 atom stereocenters. The van der Waals surface area contributed by atoms with Crippen molar-refractivity contribution < 1.29 is 28.4 Å². The molecule has 3 aliphatic rings. The van der Waals surface area contributed by atoms with E-state index in [2.05, 4.69) is 6.92 Å². The zero-order valence-electron chi connectivity index (χ0n) is 24.1. The van der Waals surface area contributed by atoms with Crippen LogP contribution in [0.15, 0.2) is 0 Å². The summed E-state index contributed by atoms with van der Waals surface area (Å²) >= 11 is 0. The van der Waals surface area contributed by atoms with Crippen molar-refractivity contribution in [2.24, 2.45) is 0 Å². The molecule has 0 unspecified atom stereocenters. The summed E-state index contributed by atoms with van der Waals surface area (Å²) in [5.41, 5.74) is 0. The summed E-state index contributed by atoms with van der Waals surface area (Å²) in [5, 5.41) is 0. The number of fused-ring (bicyclic) bond motifs is 3. The molecule has 0 radical (unpaired) electrons. The summed E-state index contributed by atoms with van der Waals surface area (Å²) in [6.45, 7) is 11.2. The van der Waals surface area contributed by atoms with Crippen LogP contribution in [0, 0.1) is 0 Å². The second kappa shape index (κ2) is 15.4. The van der Waals surface area contributed by atoms with Crippen molar-refractivity contribution in [1.29, 1.82) is 0 Å². The van der Waals surface area contributed by atoms with E-state index in [1.165, 1.54) is 96.3 Å². The maximum absolute atomic E-state index is 6.21. The van der Waals surface area contributed by atoms with Crippen LogP contribution in [0.1, 0.15) is 137 Å². The van der Waals surface area contributed by atoms with Crippen LogP contribution < -0.4 is 0 Å². The summed E-state index contributed by atoms with van der Waals surface area (Å²) in [5.74, 6) is -1.34. The van der Waals surface area contributed by atoms with E-state index in [-0.39, 0.29) is 24.4 Å². The lowest BCUT2D eigenvalue weighted by Gasteiger charge is -2.37. The zero-order valence-corrected chi connectivity index (χ0v) is 24.1. The lowest BCUT2D eigenvalue weighted by molar-refractivity contribution is -0.243. The summed E-state index contributed by atoms with van der Waals surface area (Å²) < 4.78 is 36.6. The monoisotopic (exact) mass is 512 g/mol. The maximum atomic E-state index is 6.21. The van der Waals surface area contributed by atoms with E-state index >= 15 is 0 Å². The van der Waals surface area contributed by atoms with Crippen molar-refractivity contribution in [2.45, 2.75) is 180 Å². The van der Waals surface area contributed by atoms with E-state index in [4.69, 9.17) is 28.4 Å². The minimum absolute atomic E-state index is 0.204. The molecular formula is C30H56O6. The number of ether oxygens (including phenoxy) is 6. The van der Waals surface area contributed by atoms with Crippen molar-refractivity contribution in [3.05, 3.63) is 0 Å². The first kappa shape index (κ1) is 30.3. The molecule has 0 spiro atoms. The third-order valence-electron chi connectivity index (χ3n) is 7.68. The van der Waals surface area contributed by atoms with Crippen LogP contribution in [0.4, 0.5) is 0 Å². The van der Waals surface area contributed by atoms with Crippen LogP contribution in [0.25, 0.3) is 0 Å². The first-order valence-electron chi connectivity index (χ1n) is 15.3. The van der Waals surface area contributed by atoms with Crippen LogP contribution >= 0.6 is 0 Å². The molecule has 36 heavy (non-hydrogen) atoms. The molecule has 3 saturated heterocycles. The van der Waals surface area contributed by atoms with Gasteiger partial charge >= 0.3 is 0 Å². The highest BCUT2D eigenvalue weighted by atomic mass is 16.9. The first-order valence-corrected chi connectivity index (χ1v) is 15.3. The number of rotatable bonds is 19. The third kappa shape index (κ3) is 10.1. The highest BCUT2D eigenvalue weighted by Gasteiger charge is 2.60. The second-order valence-electron chi connectivity index (χ2n) is 12.1. The van der Waals surface area contributed by atoms with Crippen molar-refractivity contribution in [3.8, 4) is 0 Å². The fourth-order valence-corrected chi connectivity index (χ4v) is 5.78. The van der Waals surface area contributed by atoms with Crippen LogP contribution in [0.3, 0.4) is 0 Å².